The van der Waals surface area contributed by atoms with Crippen LogP contribution in [0.15, 0.2) is 71.7 Å². The van der Waals surface area contributed by atoms with Gasteiger partial charge >= 0.3 is 5.97 Å². The van der Waals surface area contributed by atoms with Crippen LogP contribution < -0.4 is 21.5 Å². The Bertz CT molecular complexity index is 1070. The minimum Gasteiger partial charge on any atom is -0.424 e. The molecular formula is C25H30N6O2. The van der Waals surface area contributed by atoms with Gasteiger partial charge in [0, 0.05) is 11.6 Å². The van der Waals surface area contributed by atoms with E-state index in [1.165, 1.54) is 0 Å². The number of aliphatic imine (C=N–C) groups is 1. The van der Waals surface area contributed by atoms with Crippen molar-refractivity contribution in [2.24, 2.45) is 22.4 Å². The molecule has 5 N–H and O–H groups in total. The number of ether oxygens (including phenoxy) is 1. The number of carbonyl (C=O) groups is 1. The van der Waals surface area contributed by atoms with E-state index in [-0.39, 0.29) is 30.3 Å². The van der Waals surface area contributed by atoms with E-state index >= 15 is 0 Å². The quantitative estimate of drug-likeness (QED) is 0.194. The van der Waals surface area contributed by atoms with Crippen molar-refractivity contribution in [3.8, 4) is 17.0 Å². The summed E-state index contributed by atoms with van der Waals surface area (Å²) in [5, 5.41) is 11.3. The second-order valence-corrected chi connectivity index (χ2v) is 7.68. The molecule has 8 nitrogen and oxygen atoms in total. The summed E-state index contributed by atoms with van der Waals surface area (Å²) in [4.78, 5) is 16.7. The molecule has 1 unspecified atom stereocenters. The highest BCUT2D eigenvalue weighted by molar-refractivity contribution is 5.95. The van der Waals surface area contributed by atoms with Crippen molar-refractivity contribution in [3.05, 3.63) is 66.7 Å². The van der Waals surface area contributed by atoms with Crippen molar-refractivity contribution >= 4 is 23.4 Å². The monoisotopic (exact) mass is 446 g/mol. The van der Waals surface area contributed by atoms with Gasteiger partial charge in [0.2, 0.25) is 0 Å². The van der Waals surface area contributed by atoms with Gasteiger partial charge in [-0.05, 0) is 30.2 Å². The zero-order valence-corrected chi connectivity index (χ0v) is 18.9. The summed E-state index contributed by atoms with van der Waals surface area (Å²) in [6.45, 7) is 4.14. The maximum absolute atomic E-state index is 12.4. The summed E-state index contributed by atoms with van der Waals surface area (Å²) in [6.07, 6.45) is 1.99. The molecule has 3 aromatic rings. The fourth-order valence-electron chi connectivity index (χ4n) is 3.51. The Morgan fingerprint density at radius 1 is 1.00 bits per heavy atom. The van der Waals surface area contributed by atoms with Crippen LogP contribution in [0.5, 0.6) is 5.75 Å². The van der Waals surface area contributed by atoms with Gasteiger partial charge in [0.1, 0.15) is 0 Å². The lowest BCUT2D eigenvalue weighted by Crippen LogP contribution is -2.33. The third-order valence-corrected chi connectivity index (χ3v) is 5.39. The zero-order valence-electron chi connectivity index (χ0n) is 18.9. The SMILES string of the molecule is CCC(CC)C(N)CC(=O)Oc1ccccc1NC(N)=Nc1ccc(-c2ccccc2)nn1. The van der Waals surface area contributed by atoms with E-state index < -0.39 is 0 Å². The van der Waals surface area contributed by atoms with Crippen molar-refractivity contribution in [2.45, 2.75) is 39.2 Å². The first-order valence-corrected chi connectivity index (χ1v) is 11.1. The normalized spacial score (nSPS) is 12.4. The molecule has 1 aromatic heterocycles. The van der Waals surface area contributed by atoms with Crippen molar-refractivity contribution in [1.82, 2.24) is 10.2 Å². The van der Waals surface area contributed by atoms with Crippen molar-refractivity contribution in [2.75, 3.05) is 5.32 Å². The smallest absolute Gasteiger partial charge is 0.312 e. The van der Waals surface area contributed by atoms with E-state index in [1.54, 1.807) is 30.3 Å². The van der Waals surface area contributed by atoms with Gasteiger partial charge in [0.25, 0.3) is 0 Å². The van der Waals surface area contributed by atoms with Gasteiger partial charge in [0.05, 0.1) is 17.8 Å². The van der Waals surface area contributed by atoms with E-state index in [2.05, 4.69) is 34.4 Å². The molecule has 0 spiro atoms. The lowest BCUT2D eigenvalue weighted by molar-refractivity contribution is -0.135. The van der Waals surface area contributed by atoms with E-state index in [4.69, 9.17) is 16.2 Å². The summed E-state index contributed by atoms with van der Waals surface area (Å²) in [5.74, 6) is 0.687. The number of benzene rings is 2. The van der Waals surface area contributed by atoms with Crippen LogP contribution in [0.2, 0.25) is 0 Å². The van der Waals surface area contributed by atoms with Gasteiger partial charge in [-0.3, -0.25) is 4.79 Å². The molecular weight excluding hydrogens is 416 g/mol. The predicted octanol–water partition coefficient (Wildman–Crippen LogP) is 4.26. The van der Waals surface area contributed by atoms with Gasteiger partial charge in [-0.25, -0.2) is 0 Å². The molecule has 1 heterocycles. The minimum absolute atomic E-state index is 0.0917. The van der Waals surface area contributed by atoms with E-state index in [9.17, 15) is 4.79 Å². The summed E-state index contributed by atoms with van der Waals surface area (Å²) in [6, 6.07) is 20.1. The Morgan fingerprint density at radius 2 is 1.70 bits per heavy atom. The standard InChI is InChI=1S/C25H30N6O2/c1-3-17(4-2)19(26)16-24(32)33-22-13-9-8-12-21(22)28-25(27)29-23-15-14-20(30-31-23)18-10-6-5-7-11-18/h5-15,17,19H,3-4,16,26H2,1-2H3,(H3,27,28,29,31). The molecule has 0 aliphatic rings. The summed E-state index contributed by atoms with van der Waals surface area (Å²) >= 11 is 0. The van der Waals surface area contributed by atoms with Crippen LogP contribution in [0.3, 0.4) is 0 Å². The first kappa shape index (κ1) is 23.9. The topological polar surface area (TPSA) is 129 Å². The van der Waals surface area contributed by atoms with Crippen LogP contribution in [-0.4, -0.2) is 28.2 Å². The molecule has 0 fully saturated rings. The molecule has 1 atom stereocenters. The second-order valence-electron chi connectivity index (χ2n) is 7.68. The Balaban J connectivity index is 1.66. The number of nitrogens with one attached hydrogen (secondary N) is 1. The fraction of sp³-hybridized carbons (Fsp3) is 0.280. The molecule has 0 saturated carbocycles. The van der Waals surface area contributed by atoms with Gasteiger partial charge < -0.3 is 21.5 Å². The molecule has 2 aromatic carbocycles. The van der Waals surface area contributed by atoms with Gasteiger partial charge in [0.15, 0.2) is 17.5 Å². The number of para-hydroxylation sites is 2. The average molecular weight is 447 g/mol. The van der Waals surface area contributed by atoms with Crippen LogP contribution in [0, 0.1) is 5.92 Å². The molecule has 0 aliphatic carbocycles. The average Bonchev–Trinajstić information content (AvgIpc) is 2.82. The number of anilines is 1. The number of esters is 1. The number of guanidine groups is 1. The number of aromatic nitrogens is 2. The zero-order chi connectivity index (χ0) is 23.6. The molecule has 0 radical (unpaired) electrons. The summed E-state index contributed by atoms with van der Waals surface area (Å²) in [5.41, 5.74) is 14.4. The van der Waals surface area contributed by atoms with Gasteiger partial charge in [-0.1, -0.05) is 69.2 Å². The van der Waals surface area contributed by atoms with Gasteiger partial charge in [-0.15, -0.1) is 10.2 Å². The van der Waals surface area contributed by atoms with Crippen LogP contribution >= 0.6 is 0 Å². The number of nitrogens with zero attached hydrogens (tertiary/aromatic N) is 3. The number of nitrogens with two attached hydrogens (primary N) is 2. The molecule has 0 saturated heterocycles. The van der Waals surface area contributed by atoms with Crippen molar-refractivity contribution in [1.29, 1.82) is 0 Å². The maximum atomic E-state index is 12.4. The van der Waals surface area contributed by atoms with Crippen LogP contribution in [-0.2, 0) is 4.79 Å². The number of hydrogen-bond donors (Lipinski definition) is 3. The third kappa shape index (κ3) is 6.85. The van der Waals surface area contributed by atoms with Crippen LogP contribution in [0.1, 0.15) is 33.1 Å². The third-order valence-electron chi connectivity index (χ3n) is 5.39. The highest BCUT2D eigenvalue weighted by Crippen LogP contribution is 2.25. The first-order chi connectivity index (χ1) is 16.0. The number of rotatable bonds is 9. The summed E-state index contributed by atoms with van der Waals surface area (Å²) < 4.78 is 5.55. The summed E-state index contributed by atoms with van der Waals surface area (Å²) in [7, 11) is 0. The van der Waals surface area contributed by atoms with Crippen LogP contribution in [0.4, 0.5) is 11.5 Å². The maximum Gasteiger partial charge on any atom is 0.312 e. The lowest BCUT2D eigenvalue weighted by Gasteiger charge is -2.20. The Hall–Kier alpha value is -3.78. The molecule has 172 valence electrons. The molecule has 0 bridgehead atoms. The van der Waals surface area contributed by atoms with E-state index in [1.807, 2.05) is 36.4 Å². The van der Waals surface area contributed by atoms with Crippen LogP contribution in [0.25, 0.3) is 11.3 Å². The molecule has 8 heteroatoms. The highest BCUT2D eigenvalue weighted by Gasteiger charge is 2.19. The second kappa shape index (κ2) is 11.7. The van der Waals surface area contributed by atoms with Gasteiger partial charge in [-0.2, -0.15) is 4.99 Å². The Morgan fingerprint density at radius 3 is 2.36 bits per heavy atom. The molecule has 0 aliphatic heterocycles. The fourth-order valence-corrected chi connectivity index (χ4v) is 3.51. The highest BCUT2D eigenvalue weighted by atomic mass is 16.5. The largest absolute Gasteiger partial charge is 0.424 e. The Labute approximate surface area is 194 Å². The molecule has 3 rings (SSSR count). The Kier molecular flexibility index (Phi) is 8.49. The number of carbonyl (C=O) groups excluding carboxylic acids is 1. The van der Waals surface area contributed by atoms with E-state index in [0.717, 1.165) is 24.1 Å². The number of hydrogen-bond acceptors (Lipinski definition) is 6. The van der Waals surface area contributed by atoms with Crippen molar-refractivity contribution < 1.29 is 9.53 Å². The minimum atomic E-state index is -0.387. The molecule has 33 heavy (non-hydrogen) atoms. The van der Waals surface area contributed by atoms with Crippen molar-refractivity contribution in [3.63, 3.8) is 0 Å². The predicted molar refractivity (Wildman–Crippen MR) is 131 cm³/mol. The van der Waals surface area contributed by atoms with E-state index in [0.29, 0.717) is 17.3 Å². The lowest BCUT2D eigenvalue weighted by atomic mass is 9.93. The first-order valence-electron chi connectivity index (χ1n) is 11.1. The molecule has 0 amide bonds.